The Morgan fingerprint density at radius 2 is 0.922 bits per heavy atom. The number of nitrogen functional groups attached to an aromatic ring is 2. The van der Waals surface area contributed by atoms with Crippen LogP contribution in [0.15, 0.2) is 64.6 Å². The van der Waals surface area contributed by atoms with Crippen molar-refractivity contribution in [2.75, 3.05) is 102 Å². The number of carbonyl (C=O) groups is 1. The van der Waals surface area contributed by atoms with E-state index >= 15 is 0 Å². The summed E-state index contributed by atoms with van der Waals surface area (Å²) < 4.78 is 143. The predicted octanol–water partition coefficient (Wildman–Crippen LogP) is -9.22. The zero-order valence-corrected chi connectivity index (χ0v) is 71.6. The number of hydrogen-bond donors (Lipinski definition) is 25. The summed E-state index contributed by atoms with van der Waals surface area (Å²) in [7, 11) is -27.6. The van der Waals surface area contributed by atoms with Gasteiger partial charge in [0.05, 0.1) is 96.6 Å². The molecular formula is C59H89N23O41P6. The molecule has 22 atom stereocenters. The number of rotatable bonds is 25. The number of imidazole rings is 4. The minimum atomic E-state index is -5.07. The van der Waals surface area contributed by atoms with Gasteiger partial charge in [0.1, 0.15) is 115 Å². The fourth-order valence-electron chi connectivity index (χ4n) is 13.8. The molecule has 0 radical (unpaired) electrons. The number of carbonyl (C=O) groups excluding carboxylic acids is 1. The fraction of sp³-hybridized carbons (Fsp3) is 0.610. The largest absolute Gasteiger partial charge is 0.470 e. The SMILES string of the molecule is CCc1ncnc2c1ncn2[C@@H]1O[C@H](COP(=O)(O)O)[C@@H](O)[C@H]1O.NC1NC(=O)c2ncn([C@@H]3O[C@H](COP(=O)(O)N4CCOCC4)[C@@H](O)[C@H]3O)c2N1.Nc1nc2c(ncn2[C@H]2C[C@H](O)[C@@H](COP(=O)(O)O)O2)c(=O)[nH]1.Nc1ncnc2c1ncn2C1OC(COP(=O)(O)O)C(OP(=O)(O)O)C1O.O=c1ccn([C@H]2O[C@@H](COP(=O)(O)N3CCOCC3)[C@H](O)[C@@H]2O)c(=O)[nH]1. The van der Waals surface area contributed by atoms with Crippen LogP contribution in [-0.2, 0) is 94.1 Å². The number of nitrogens with one attached hydrogen (secondary N) is 4. The molecule has 16 heterocycles. The summed E-state index contributed by atoms with van der Waals surface area (Å²) in [4.78, 5) is 178. The Hall–Kier alpha value is -7.77. The number of phosphoric ester groups is 4. The van der Waals surface area contributed by atoms with Gasteiger partial charge in [0, 0.05) is 44.9 Å². The molecule has 64 nitrogen and oxygen atoms in total. The van der Waals surface area contributed by atoms with Crippen molar-refractivity contribution in [1.82, 2.24) is 92.3 Å². The highest BCUT2D eigenvalue weighted by Crippen LogP contribution is 2.51. The van der Waals surface area contributed by atoms with Crippen LogP contribution >= 0.6 is 46.8 Å². The first kappa shape index (κ1) is 100. The van der Waals surface area contributed by atoms with Gasteiger partial charge in [0.25, 0.3) is 17.0 Å². The number of nitrogens with zero attached hydrogens (tertiary/aromatic N) is 16. The fourth-order valence-corrected chi connectivity index (χ4v) is 17.7. The third-order valence-electron chi connectivity index (χ3n) is 20.0. The maximum atomic E-state index is 12.4. The topological polar surface area (TPSA) is 936 Å². The van der Waals surface area contributed by atoms with Gasteiger partial charge in [-0.15, -0.1) is 0 Å². The van der Waals surface area contributed by atoms with E-state index < -0.39 is 225 Å². The van der Waals surface area contributed by atoms with Crippen LogP contribution in [0, 0.1) is 0 Å². The van der Waals surface area contributed by atoms with Crippen molar-refractivity contribution in [1.29, 1.82) is 0 Å². The van der Waals surface area contributed by atoms with E-state index in [1.54, 1.807) is 0 Å². The van der Waals surface area contributed by atoms with Gasteiger partial charge in [0.15, 0.2) is 65.2 Å². The van der Waals surface area contributed by atoms with Gasteiger partial charge in [-0.05, 0) is 6.42 Å². The number of anilines is 3. The van der Waals surface area contributed by atoms with E-state index in [1.807, 2.05) is 11.9 Å². The first-order chi connectivity index (χ1) is 60.6. The first-order valence-corrected chi connectivity index (χ1v) is 47.0. The number of H-pyrrole nitrogens is 2. The highest BCUT2D eigenvalue weighted by Gasteiger charge is 2.52. The van der Waals surface area contributed by atoms with Crippen LogP contribution in [0.5, 0.6) is 0 Å². The minimum Gasteiger partial charge on any atom is -0.390 e. The van der Waals surface area contributed by atoms with Crippen molar-refractivity contribution in [3.63, 3.8) is 0 Å². The number of morpholine rings is 2. The monoisotopic (exact) mass is 1960 g/mol. The summed E-state index contributed by atoms with van der Waals surface area (Å²) in [6.45, 7) is 1.29. The second-order valence-corrected chi connectivity index (χ2v) is 37.1. The van der Waals surface area contributed by atoms with E-state index in [0.29, 0.717) is 44.0 Å². The number of aryl methyl sites for hydroxylation is 1. The molecule has 7 saturated heterocycles. The van der Waals surface area contributed by atoms with E-state index in [0.717, 1.165) is 28.9 Å². The van der Waals surface area contributed by atoms with Gasteiger partial charge in [-0.3, -0.25) is 80.1 Å². The van der Waals surface area contributed by atoms with Crippen molar-refractivity contribution in [2.45, 2.75) is 143 Å². The number of ether oxygens (including phenoxy) is 7. The Labute approximate surface area is 719 Å². The normalized spacial score (nSPS) is 29.7. The summed E-state index contributed by atoms with van der Waals surface area (Å²) in [5.74, 6) is -0.315. The third-order valence-corrected chi connectivity index (χ3v) is 25.1. The van der Waals surface area contributed by atoms with Crippen LogP contribution in [-0.4, -0.2) is 360 Å². The molecule has 8 aromatic rings. The summed E-state index contributed by atoms with van der Waals surface area (Å²) >= 11 is 0. The zero-order valence-electron chi connectivity index (χ0n) is 66.3. The first-order valence-electron chi connectivity index (χ1n) is 37.8. The number of nitrogens with two attached hydrogens (primary N) is 3. The minimum absolute atomic E-state index is 0.0515. The number of aromatic nitrogens is 16. The van der Waals surface area contributed by atoms with Crippen molar-refractivity contribution in [2.24, 2.45) is 5.73 Å². The average Bonchev–Trinajstić information content (AvgIpc) is 1.62. The molecule has 7 unspecified atom stereocenters. The molecule has 8 aliphatic rings. The number of hydrogen-bond acceptors (Lipinski definition) is 44. The third kappa shape index (κ3) is 24.4. The number of aliphatic hydroxyl groups excluding tert-OH is 8. The van der Waals surface area contributed by atoms with E-state index in [2.05, 4.69) is 78.6 Å². The average molecular weight is 1960 g/mol. The molecule has 0 bridgehead atoms. The lowest BCUT2D eigenvalue weighted by molar-refractivity contribution is -0.0545. The number of amides is 1. The molecule has 28 N–H and O–H groups in total. The number of phosphoric acid groups is 4. The molecule has 0 spiro atoms. The van der Waals surface area contributed by atoms with E-state index in [4.69, 9.17) is 98.6 Å². The quantitative estimate of drug-likeness (QED) is 0.0236. The van der Waals surface area contributed by atoms with Crippen LogP contribution in [0.2, 0.25) is 0 Å². The van der Waals surface area contributed by atoms with Crippen LogP contribution in [0.3, 0.4) is 0 Å². The van der Waals surface area contributed by atoms with Crippen molar-refractivity contribution in [3.05, 3.63) is 92.8 Å². The van der Waals surface area contributed by atoms with Gasteiger partial charge in [-0.25, -0.2) is 81.4 Å². The highest BCUT2D eigenvalue weighted by molar-refractivity contribution is 7.50. The van der Waals surface area contributed by atoms with Crippen LogP contribution < -0.4 is 44.6 Å². The second-order valence-electron chi connectivity index (χ2n) is 28.6. The van der Waals surface area contributed by atoms with Gasteiger partial charge >= 0.3 is 52.5 Å². The zero-order chi connectivity index (χ0) is 93.9. The van der Waals surface area contributed by atoms with E-state index in [-0.39, 0.29) is 78.2 Å². The van der Waals surface area contributed by atoms with Gasteiger partial charge in [-0.1, -0.05) is 6.92 Å². The lowest BCUT2D eigenvalue weighted by atomic mass is 10.1. The highest BCUT2D eigenvalue weighted by atomic mass is 31.2. The summed E-state index contributed by atoms with van der Waals surface area (Å²) in [6.07, 6.45) is -15.3. The molecule has 716 valence electrons. The summed E-state index contributed by atoms with van der Waals surface area (Å²) in [5.41, 5.74) is 17.3. The number of aliphatic hydroxyl groups is 8. The Balaban J connectivity index is 0.000000146. The molecule has 70 heteroatoms. The lowest BCUT2D eigenvalue weighted by Gasteiger charge is -2.30. The van der Waals surface area contributed by atoms with Gasteiger partial charge < -0.3 is 145 Å². The maximum absolute atomic E-state index is 12.4. The maximum Gasteiger partial charge on any atom is 0.470 e. The standard InChI is InChI=1S/C14H23N6O8P.C13H20N3O9P.C12H17N4O7P.C10H15N5O10P2.C10H14N5O7P/c15-14-17-11-8(12(23)18-14)16-6-20(11)13-10(22)9(21)7(28-13)5-27-29(24,25)19-1-3-26-4-2-19;17-9-1-2-16(13(20)14-9)12-11(19)10(18)8(25-12)7-24-26(21,22)15-3-5-23-6-4-15;1-2-6-8-11(14-4-13-6)16(5-15-8)12-10(18)9(17)7(23-12)3-22-24(19,20)21;11-8-5-9(13-2-12-8)15(3-14-5)10-6(16)7(25-27(20,21)22)4(24-10)1-23-26(17,18)19;11-10-13-8-7(9(17)14-10)12-3-15(8)6-1-4(16)5(22-6)2-21-23(18,19)20/h6-7,9-10,13-14,17,21-22H,1-5,15H2,(H,18,23)(H,24,25);1-2,8,10-12,18-19H,3-7H2,(H,21,22)(H,14,17,20);4-5,7,9-10,12,17-18H,2-3H2,1H3,(H2,19,20,21);2-4,6-7,10,16H,1H2,(H2,11,12,13)(H2,17,18,19)(H2,20,21,22);3-6,16H,1-2H2,(H2,18,19,20)(H3,11,13,14,17)/t7-,9-,10-,13-,14?;8-,10-,11-,12-;7-,9-,10-,12-;;4-,5+,6+/m101.0/s1. The molecule has 8 aliphatic heterocycles. The Bertz CT molecular complexity index is 5720. The van der Waals surface area contributed by atoms with E-state index in [1.165, 1.54) is 59.2 Å². The Kier molecular flexibility index (Phi) is 32.2. The second kappa shape index (κ2) is 41.4. The Morgan fingerprint density at radius 3 is 1.44 bits per heavy atom. The van der Waals surface area contributed by atoms with Crippen molar-refractivity contribution < 1.29 is 182 Å². The summed E-state index contributed by atoms with van der Waals surface area (Å²) in [6, 6.07) is 1.06. The molecule has 0 aromatic carbocycles. The lowest BCUT2D eigenvalue weighted by Crippen LogP contribution is -2.51. The molecule has 8 aromatic heterocycles. The van der Waals surface area contributed by atoms with Gasteiger partial charge in [-0.2, -0.15) is 4.98 Å². The van der Waals surface area contributed by atoms with Crippen LogP contribution in [0.1, 0.15) is 60.7 Å². The number of fused-ring (bicyclic) bond motifs is 4. The van der Waals surface area contributed by atoms with Gasteiger partial charge in [0.2, 0.25) is 5.95 Å². The Morgan fingerprint density at radius 1 is 0.473 bits per heavy atom. The van der Waals surface area contributed by atoms with Crippen molar-refractivity contribution >= 4 is 104 Å². The van der Waals surface area contributed by atoms with E-state index in [9.17, 15) is 97.2 Å². The molecule has 129 heavy (non-hydrogen) atoms. The molecular weight excluding hydrogens is 1870 g/mol. The smallest absolute Gasteiger partial charge is 0.390 e. The molecule has 16 rings (SSSR count). The predicted molar refractivity (Wildman–Crippen MR) is 419 cm³/mol. The van der Waals surface area contributed by atoms with Crippen molar-refractivity contribution in [3.8, 4) is 0 Å². The molecule has 1 amide bonds. The summed E-state index contributed by atoms with van der Waals surface area (Å²) in [5, 5.41) is 86.8. The van der Waals surface area contributed by atoms with Crippen LogP contribution in [0.4, 0.5) is 17.6 Å². The number of aromatic amines is 2. The van der Waals surface area contributed by atoms with Crippen LogP contribution in [0.25, 0.3) is 33.5 Å². The molecule has 7 fully saturated rings. The molecule has 0 saturated carbocycles. The molecule has 0 aliphatic carbocycles.